The minimum absolute atomic E-state index is 0.232. The molecule has 5 nitrogen and oxygen atoms in total. The maximum atomic E-state index is 11.9. The van der Waals surface area contributed by atoms with Gasteiger partial charge in [0, 0.05) is 23.8 Å². The third-order valence-electron chi connectivity index (χ3n) is 2.48. The molecule has 1 N–H and O–H groups in total. The highest BCUT2D eigenvalue weighted by Crippen LogP contribution is 2.21. The van der Waals surface area contributed by atoms with Crippen molar-refractivity contribution in [3.63, 3.8) is 0 Å². The molecule has 0 atom stereocenters. The number of likely N-dealkylation sites (tertiary alicyclic amines) is 1. The molecule has 0 spiro atoms. The molecule has 1 aromatic heterocycles. The van der Waals surface area contributed by atoms with Crippen molar-refractivity contribution < 1.29 is 14.7 Å². The highest BCUT2D eigenvalue weighted by molar-refractivity contribution is 9.10. The second kappa shape index (κ2) is 4.21. The lowest BCUT2D eigenvalue weighted by Gasteiger charge is -2.36. The molecule has 1 saturated heterocycles. The van der Waals surface area contributed by atoms with E-state index in [0.29, 0.717) is 10.2 Å². The van der Waals surface area contributed by atoms with E-state index < -0.39 is 11.9 Å². The fourth-order valence-electron chi connectivity index (χ4n) is 1.49. The largest absolute Gasteiger partial charge is 0.481 e. The molecule has 0 aromatic carbocycles. The summed E-state index contributed by atoms with van der Waals surface area (Å²) in [6.45, 7) is 0.522. The Bertz CT molecular complexity index is 443. The normalized spacial score (nSPS) is 15.7. The van der Waals surface area contributed by atoms with Crippen molar-refractivity contribution in [1.29, 1.82) is 0 Å². The predicted molar refractivity (Wildman–Crippen MR) is 59.0 cm³/mol. The van der Waals surface area contributed by atoms with Gasteiger partial charge in [-0.05, 0) is 28.1 Å². The Kier molecular flexibility index (Phi) is 2.91. The fraction of sp³-hybridized carbons (Fsp3) is 0.300. The van der Waals surface area contributed by atoms with Crippen molar-refractivity contribution in [2.75, 3.05) is 13.1 Å². The first-order valence-electron chi connectivity index (χ1n) is 4.72. The van der Waals surface area contributed by atoms with Gasteiger partial charge in [-0.15, -0.1) is 0 Å². The molecule has 0 saturated carbocycles. The number of halogens is 1. The maximum absolute atomic E-state index is 11.9. The average Bonchev–Trinajstić information content (AvgIpc) is 2.15. The van der Waals surface area contributed by atoms with Gasteiger partial charge in [0.05, 0.1) is 5.92 Å². The van der Waals surface area contributed by atoms with Crippen LogP contribution in [0.4, 0.5) is 0 Å². The molecule has 2 rings (SSSR count). The highest BCUT2D eigenvalue weighted by atomic mass is 79.9. The lowest BCUT2D eigenvalue weighted by molar-refractivity contribution is -0.146. The molecule has 16 heavy (non-hydrogen) atoms. The van der Waals surface area contributed by atoms with Crippen LogP contribution >= 0.6 is 15.9 Å². The van der Waals surface area contributed by atoms with Gasteiger partial charge >= 0.3 is 5.97 Å². The number of carbonyl (C=O) groups is 2. The minimum Gasteiger partial charge on any atom is -0.481 e. The standard InChI is InChI=1S/C10H9BrN2O3/c11-7-2-1-3-12-8(7)9(14)13-4-6(5-13)10(15)16/h1-3,6H,4-5H2,(H,15,16). The quantitative estimate of drug-likeness (QED) is 0.880. The molecule has 0 bridgehead atoms. The van der Waals surface area contributed by atoms with Crippen LogP contribution < -0.4 is 0 Å². The summed E-state index contributed by atoms with van der Waals surface area (Å²) in [4.78, 5) is 27.9. The topological polar surface area (TPSA) is 70.5 Å². The van der Waals surface area contributed by atoms with E-state index in [0.717, 1.165) is 0 Å². The number of nitrogens with zero attached hydrogens (tertiary/aromatic N) is 2. The zero-order chi connectivity index (χ0) is 11.7. The van der Waals surface area contributed by atoms with Crippen LogP contribution in [-0.4, -0.2) is 40.0 Å². The zero-order valence-electron chi connectivity index (χ0n) is 8.26. The van der Waals surface area contributed by atoms with E-state index in [1.54, 1.807) is 12.1 Å². The third kappa shape index (κ3) is 1.92. The second-order valence-corrected chi connectivity index (χ2v) is 4.43. The van der Waals surface area contributed by atoms with Gasteiger partial charge in [-0.25, -0.2) is 4.98 Å². The molecular formula is C10H9BrN2O3. The number of carboxylic acids is 1. The molecule has 1 aliphatic heterocycles. The third-order valence-corrected chi connectivity index (χ3v) is 3.12. The summed E-state index contributed by atoms with van der Waals surface area (Å²) >= 11 is 3.24. The summed E-state index contributed by atoms with van der Waals surface area (Å²) in [6.07, 6.45) is 1.53. The van der Waals surface area contributed by atoms with Crippen molar-refractivity contribution in [2.45, 2.75) is 0 Å². The summed E-state index contributed by atoms with van der Waals surface area (Å²) < 4.78 is 0.624. The SMILES string of the molecule is O=C(O)C1CN(C(=O)c2ncccc2Br)C1. The number of hydrogen-bond donors (Lipinski definition) is 1. The van der Waals surface area contributed by atoms with Gasteiger partial charge in [-0.3, -0.25) is 9.59 Å². The molecule has 0 radical (unpaired) electrons. The number of rotatable bonds is 2. The van der Waals surface area contributed by atoms with E-state index in [1.165, 1.54) is 11.1 Å². The lowest BCUT2D eigenvalue weighted by Crippen LogP contribution is -2.53. The number of aromatic nitrogens is 1. The zero-order valence-corrected chi connectivity index (χ0v) is 9.85. The van der Waals surface area contributed by atoms with Gasteiger partial charge in [-0.1, -0.05) is 0 Å². The van der Waals surface area contributed by atoms with Crippen LogP contribution in [0.1, 0.15) is 10.5 Å². The molecule has 0 aliphatic carbocycles. The molecule has 2 heterocycles. The summed E-state index contributed by atoms with van der Waals surface area (Å²) in [5, 5.41) is 8.70. The first-order valence-corrected chi connectivity index (χ1v) is 5.51. The Morgan fingerprint density at radius 1 is 1.50 bits per heavy atom. The van der Waals surface area contributed by atoms with Gasteiger partial charge in [0.2, 0.25) is 0 Å². The van der Waals surface area contributed by atoms with Crippen molar-refractivity contribution in [2.24, 2.45) is 5.92 Å². The summed E-state index contributed by atoms with van der Waals surface area (Å²) in [7, 11) is 0. The van der Waals surface area contributed by atoms with Gasteiger partial charge in [-0.2, -0.15) is 0 Å². The van der Waals surface area contributed by atoms with E-state index in [1.807, 2.05) is 0 Å². The first-order chi connectivity index (χ1) is 7.59. The van der Waals surface area contributed by atoms with Crippen molar-refractivity contribution in [1.82, 2.24) is 9.88 Å². The van der Waals surface area contributed by atoms with Gasteiger partial charge in [0.15, 0.2) is 0 Å². The number of carboxylic acid groups (broad SMARTS) is 1. The number of aliphatic carboxylic acids is 1. The number of hydrogen-bond acceptors (Lipinski definition) is 3. The van der Waals surface area contributed by atoms with Crippen molar-refractivity contribution in [3.05, 3.63) is 28.5 Å². The molecule has 1 amide bonds. The van der Waals surface area contributed by atoms with Crippen LogP contribution in [-0.2, 0) is 4.79 Å². The smallest absolute Gasteiger partial charge is 0.310 e. The number of amides is 1. The van der Waals surface area contributed by atoms with Crippen molar-refractivity contribution >= 4 is 27.8 Å². The van der Waals surface area contributed by atoms with E-state index in [2.05, 4.69) is 20.9 Å². The minimum atomic E-state index is -0.857. The molecule has 0 unspecified atom stereocenters. The van der Waals surface area contributed by atoms with Crippen LogP contribution in [0.3, 0.4) is 0 Å². The Morgan fingerprint density at radius 3 is 2.75 bits per heavy atom. The van der Waals surface area contributed by atoms with Crippen LogP contribution in [0.2, 0.25) is 0 Å². The van der Waals surface area contributed by atoms with Crippen LogP contribution in [0.25, 0.3) is 0 Å². The Morgan fingerprint density at radius 2 is 2.19 bits per heavy atom. The lowest BCUT2D eigenvalue weighted by atomic mass is 10.00. The summed E-state index contributed by atoms with van der Waals surface area (Å²) in [6, 6.07) is 3.45. The van der Waals surface area contributed by atoms with Gasteiger partial charge in [0.25, 0.3) is 5.91 Å². The molecule has 6 heteroatoms. The maximum Gasteiger partial charge on any atom is 0.310 e. The molecule has 1 aromatic rings. The monoisotopic (exact) mass is 284 g/mol. The Hall–Kier alpha value is -1.43. The molecular weight excluding hydrogens is 276 g/mol. The van der Waals surface area contributed by atoms with Crippen molar-refractivity contribution in [3.8, 4) is 0 Å². The average molecular weight is 285 g/mol. The van der Waals surface area contributed by atoms with Crippen LogP contribution in [0, 0.1) is 5.92 Å². The molecule has 1 aliphatic rings. The Balaban J connectivity index is 2.06. The number of carbonyl (C=O) groups excluding carboxylic acids is 1. The summed E-state index contributed by atoms with van der Waals surface area (Å²) in [5.74, 6) is -1.53. The number of pyridine rings is 1. The van der Waals surface area contributed by atoms with E-state index in [-0.39, 0.29) is 19.0 Å². The van der Waals surface area contributed by atoms with E-state index >= 15 is 0 Å². The predicted octanol–water partition coefficient (Wildman–Crippen LogP) is 1.00. The Labute approximate surface area is 100 Å². The van der Waals surface area contributed by atoms with E-state index in [9.17, 15) is 9.59 Å². The second-order valence-electron chi connectivity index (χ2n) is 3.58. The van der Waals surface area contributed by atoms with Gasteiger partial charge in [0.1, 0.15) is 5.69 Å². The molecule has 1 fully saturated rings. The van der Waals surface area contributed by atoms with Gasteiger partial charge < -0.3 is 10.0 Å². The fourth-order valence-corrected chi connectivity index (χ4v) is 1.92. The molecule has 84 valence electrons. The van der Waals surface area contributed by atoms with Crippen LogP contribution in [0.15, 0.2) is 22.8 Å². The highest BCUT2D eigenvalue weighted by Gasteiger charge is 2.36. The van der Waals surface area contributed by atoms with Crippen LogP contribution in [0.5, 0.6) is 0 Å². The van der Waals surface area contributed by atoms with E-state index in [4.69, 9.17) is 5.11 Å². The summed E-state index contributed by atoms with van der Waals surface area (Å²) in [5.41, 5.74) is 0.325. The first kappa shape index (κ1) is 11.1.